The number of aromatic nitrogens is 2. The van der Waals surface area contributed by atoms with E-state index in [0.717, 1.165) is 15.8 Å². The van der Waals surface area contributed by atoms with Gasteiger partial charge in [-0.15, -0.1) is 0 Å². The summed E-state index contributed by atoms with van der Waals surface area (Å²) in [6.07, 6.45) is 4.41. The zero-order valence-corrected chi connectivity index (χ0v) is 10.7. The summed E-state index contributed by atoms with van der Waals surface area (Å²) in [7, 11) is 0. The molecule has 0 saturated carbocycles. The van der Waals surface area contributed by atoms with Crippen LogP contribution in [-0.4, -0.2) is 15.8 Å². The van der Waals surface area contributed by atoms with E-state index >= 15 is 0 Å². The Labute approximate surface area is 102 Å². The van der Waals surface area contributed by atoms with Crippen molar-refractivity contribution in [2.24, 2.45) is 0 Å². The van der Waals surface area contributed by atoms with E-state index < -0.39 is 5.54 Å². The lowest BCUT2D eigenvalue weighted by Crippen LogP contribution is -2.37. The van der Waals surface area contributed by atoms with Crippen molar-refractivity contribution in [2.45, 2.75) is 19.4 Å². The first-order valence-corrected chi connectivity index (χ1v) is 5.69. The molecule has 0 aliphatic carbocycles. The standard InChI is InChI=1S/C11H12BrN3O/c1-11(2,14-7-16)10-13-6-9-8(12)4-3-5-15(9)10/h3-7H,1-2H3,(H,14,16). The van der Waals surface area contributed by atoms with Crippen molar-refractivity contribution in [1.82, 2.24) is 14.7 Å². The second-order valence-corrected chi connectivity index (χ2v) is 4.93. The average Bonchev–Trinajstić information content (AvgIpc) is 2.63. The molecule has 84 valence electrons. The highest BCUT2D eigenvalue weighted by atomic mass is 79.9. The summed E-state index contributed by atoms with van der Waals surface area (Å²) < 4.78 is 2.94. The largest absolute Gasteiger partial charge is 0.347 e. The van der Waals surface area contributed by atoms with Gasteiger partial charge in [-0.2, -0.15) is 0 Å². The van der Waals surface area contributed by atoms with Crippen LogP contribution in [0.1, 0.15) is 19.7 Å². The average molecular weight is 282 g/mol. The van der Waals surface area contributed by atoms with Crippen LogP contribution < -0.4 is 5.32 Å². The smallest absolute Gasteiger partial charge is 0.207 e. The first-order chi connectivity index (χ1) is 7.56. The van der Waals surface area contributed by atoms with Gasteiger partial charge in [0, 0.05) is 10.7 Å². The molecule has 0 atom stereocenters. The van der Waals surface area contributed by atoms with E-state index in [2.05, 4.69) is 26.2 Å². The Balaban J connectivity index is 2.62. The fraction of sp³-hybridized carbons (Fsp3) is 0.273. The molecule has 1 N–H and O–H groups in total. The minimum absolute atomic E-state index is 0.491. The van der Waals surface area contributed by atoms with Gasteiger partial charge in [-0.05, 0) is 41.9 Å². The Morgan fingerprint density at radius 2 is 2.31 bits per heavy atom. The van der Waals surface area contributed by atoms with Crippen molar-refractivity contribution in [2.75, 3.05) is 0 Å². The first-order valence-electron chi connectivity index (χ1n) is 4.89. The SMILES string of the molecule is CC(C)(NC=O)c1ncc2c(Br)cccn12. The number of amides is 1. The Bertz CT molecular complexity index is 533. The summed E-state index contributed by atoms with van der Waals surface area (Å²) >= 11 is 3.47. The third-order valence-corrected chi connectivity index (χ3v) is 3.17. The van der Waals surface area contributed by atoms with Gasteiger partial charge in [0.15, 0.2) is 0 Å². The molecule has 2 rings (SSSR count). The molecular formula is C11H12BrN3O. The van der Waals surface area contributed by atoms with Crippen LogP contribution in [0.5, 0.6) is 0 Å². The van der Waals surface area contributed by atoms with Gasteiger partial charge in [-0.1, -0.05) is 0 Å². The van der Waals surface area contributed by atoms with Gasteiger partial charge in [-0.3, -0.25) is 4.79 Å². The van der Waals surface area contributed by atoms with Crippen molar-refractivity contribution in [3.63, 3.8) is 0 Å². The number of hydrogen-bond acceptors (Lipinski definition) is 2. The van der Waals surface area contributed by atoms with Gasteiger partial charge in [-0.25, -0.2) is 4.98 Å². The molecule has 5 heteroatoms. The highest BCUT2D eigenvalue weighted by molar-refractivity contribution is 9.10. The zero-order chi connectivity index (χ0) is 11.8. The first kappa shape index (κ1) is 11.1. The molecule has 16 heavy (non-hydrogen) atoms. The van der Waals surface area contributed by atoms with Crippen LogP contribution in [0.4, 0.5) is 0 Å². The van der Waals surface area contributed by atoms with Crippen molar-refractivity contribution in [3.05, 3.63) is 34.8 Å². The highest BCUT2D eigenvalue weighted by Crippen LogP contribution is 2.24. The van der Waals surface area contributed by atoms with Gasteiger partial charge < -0.3 is 9.72 Å². The van der Waals surface area contributed by atoms with Crippen LogP contribution in [0.3, 0.4) is 0 Å². The van der Waals surface area contributed by atoms with E-state index in [0.29, 0.717) is 6.41 Å². The molecule has 0 radical (unpaired) electrons. The molecule has 0 saturated heterocycles. The Kier molecular flexibility index (Phi) is 2.71. The number of halogens is 1. The summed E-state index contributed by atoms with van der Waals surface area (Å²) in [6.45, 7) is 3.83. The summed E-state index contributed by atoms with van der Waals surface area (Å²) in [5.74, 6) is 0.802. The molecule has 0 spiro atoms. The number of carbonyl (C=O) groups is 1. The maximum atomic E-state index is 10.6. The normalized spacial score (nSPS) is 11.7. The Morgan fingerprint density at radius 3 is 3.00 bits per heavy atom. The quantitative estimate of drug-likeness (QED) is 0.876. The topological polar surface area (TPSA) is 46.4 Å². The number of imidazole rings is 1. The Hall–Kier alpha value is -1.36. The Morgan fingerprint density at radius 1 is 1.56 bits per heavy atom. The summed E-state index contributed by atoms with van der Waals surface area (Å²) in [6, 6.07) is 3.89. The minimum atomic E-state index is -0.491. The van der Waals surface area contributed by atoms with Crippen LogP contribution in [0.2, 0.25) is 0 Å². The molecule has 2 aromatic rings. The lowest BCUT2D eigenvalue weighted by atomic mass is 10.1. The van der Waals surface area contributed by atoms with E-state index in [9.17, 15) is 4.79 Å². The van der Waals surface area contributed by atoms with Crippen molar-refractivity contribution in [1.29, 1.82) is 0 Å². The van der Waals surface area contributed by atoms with Gasteiger partial charge >= 0.3 is 0 Å². The lowest BCUT2D eigenvalue weighted by Gasteiger charge is -2.22. The van der Waals surface area contributed by atoms with Crippen molar-refractivity contribution in [3.8, 4) is 0 Å². The molecule has 0 bridgehead atoms. The molecule has 0 aliphatic rings. The minimum Gasteiger partial charge on any atom is -0.347 e. The summed E-state index contributed by atoms with van der Waals surface area (Å²) in [5, 5.41) is 2.76. The third-order valence-electron chi connectivity index (χ3n) is 2.50. The predicted molar refractivity (Wildman–Crippen MR) is 65.1 cm³/mol. The van der Waals surface area contributed by atoms with Gasteiger partial charge in [0.2, 0.25) is 6.41 Å². The van der Waals surface area contributed by atoms with Crippen LogP contribution in [0.15, 0.2) is 29.0 Å². The molecule has 0 aromatic carbocycles. The number of rotatable bonds is 3. The van der Waals surface area contributed by atoms with Crippen LogP contribution in [0.25, 0.3) is 5.52 Å². The van der Waals surface area contributed by atoms with E-state index in [1.165, 1.54) is 0 Å². The number of nitrogens with one attached hydrogen (secondary N) is 1. The highest BCUT2D eigenvalue weighted by Gasteiger charge is 2.24. The molecule has 1 amide bonds. The van der Waals surface area contributed by atoms with Crippen molar-refractivity contribution >= 4 is 27.9 Å². The summed E-state index contributed by atoms with van der Waals surface area (Å²) in [5.41, 5.74) is 0.493. The molecule has 4 nitrogen and oxygen atoms in total. The van der Waals surface area contributed by atoms with Crippen LogP contribution in [-0.2, 0) is 10.3 Å². The number of hydrogen-bond donors (Lipinski definition) is 1. The van der Waals surface area contributed by atoms with E-state index in [4.69, 9.17) is 0 Å². The van der Waals surface area contributed by atoms with Crippen LogP contribution in [0, 0.1) is 0 Å². The zero-order valence-electron chi connectivity index (χ0n) is 9.07. The second-order valence-electron chi connectivity index (χ2n) is 4.08. The molecule has 0 fully saturated rings. The van der Waals surface area contributed by atoms with Gasteiger partial charge in [0.1, 0.15) is 5.82 Å². The number of carbonyl (C=O) groups excluding carboxylic acids is 1. The number of nitrogens with zero attached hydrogens (tertiary/aromatic N) is 2. The molecule has 2 heterocycles. The summed E-state index contributed by atoms with van der Waals surface area (Å²) in [4.78, 5) is 14.9. The maximum absolute atomic E-state index is 10.6. The van der Waals surface area contributed by atoms with Gasteiger partial charge in [0.05, 0.1) is 17.3 Å². The monoisotopic (exact) mass is 281 g/mol. The van der Waals surface area contributed by atoms with Crippen molar-refractivity contribution < 1.29 is 4.79 Å². The van der Waals surface area contributed by atoms with E-state index in [1.54, 1.807) is 6.20 Å². The fourth-order valence-electron chi connectivity index (χ4n) is 1.66. The lowest BCUT2D eigenvalue weighted by molar-refractivity contribution is -0.111. The molecular weight excluding hydrogens is 270 g/mol. The fourth-order valence-corrected chi connectivity index (χ4v) is 2.11. The molecule has 0 aliphatic heterocycles. The van der Waals surface area contributed by atoms with E-state index in [-0.39, 0.29) is 0 Å². The predicted octanol–water partition coefficient (Wildman–Crippen LogP) is 2.08. The van der Waals surface area contributed by atoms with Crippen LogP contribution >= 0.6 is 15.9 Å². The number of pyridine rings is 1. The molecule has 0 unspecified atom stereocenters. The molecule has 2 aromatic heterocycles. The second kappa shape index (κ2) is 3.90. The number of fused-ring (bicyclic) bond motifs is 1. The third kappa shape index (κ3) is 1.71. The maximum Gasteiger partial charge on any atom is 0.207 e. The van der Waals surface area contributed by atoms with Gasteiger partial charge in [0.25, 0.3) is 0 Å². The van der Waals surface area contributed by atoms with E-state index in [1.807, 2.05) is 36.6 Å².